The van der Waals surface area contributed by atoms with Gasteiger partial charge >= 0.3 is 6.18 Å². The van der Waals surface area contributed by atoms with Crippen molar-refractivity contribution in [1.82, 2.24) is 0 Å². The van der Waals surface area contributed by atoms with E-state index in [0.717, 1.165) is 0 Å². The number of benzene rings is 1. The molecule has 0 radical (unpaired) electrons. The topological polar surface area (TPSA) is 55.1 Å². The summed E-state index contributed by atoms with van der Waals surface area (Å²) in [4.78, 5) is 10.9. The Bertz CT molecular complexity index is 406. The van der Waals surface area contributed by atoms with Crippen LogP contribution in [0.5, 0.6) is 0 Å². The number of nitrogen functional groups attached to an aromatic ring is 1. The van der Waals surface area contributed by atoms with Crippen molar-refractivity contribution in [2.75, 3.05) is 11.1 Å². The van der Waals surface area contributed by atoms with Crippen LogP contribution in [0.25, 0.3) is 0 Å². The standard InChI is InChI=1S/C9H8BrF3N2O/c10-6-3-5(1-2-7(6)14)15-8(16)4-9(11,12)13/h1-3H,4,14H2,(H,15,16). The summed E-state index contributed by atoms with van der Waals surface area (Å²) in [6, 6.07) is 4.34. The molecule has 1 rings (SSSR count). The highest BCUT2D eigenvalue weighted by molar-refractivity contribution is 9.10. The predicted molar refractivity (Wildman–Crippen MR) is 57.9 cm³/mol. The third-order valence-electron chi connectivity index (χ3n) is 1.65. The molecule has 0 aromatic heterocycles. The van der Waals surface area contributed by atoms with E-state index in [0.29, 0.717) is 10.2 Å². The lowest BCUT2D eigenvalue weighted by Gasteiger charge is -2.08. The second kappa shape index (κ2) is 4.73. The Balaban J connectivity index is 2.67. The molecule has 0 saturated carbocycles. The maximum Gasteiger partial charge on any atom is 0.397 e. The fourth-order valence-electron chi connectivity index (χ4n) is 0.992. The first kappa shape index (κ1) is 12.8. The number of nitrogens with one attached hydrogen (secondary N) is 1. The molecule has 0 saturated heterocycles. The van der Waals surface area contributed by atoms with Crippen LogP contribution in [0.1, 0.15) is 6.42 Å². The van der Waals surface area contributed by atoms with Crippen molar-refractivity contribution >= 4 is 33.2 Å². The van der Waals surface area contributed by atoms with Gasteiger partial charge in [-0.2, -0.15) is 13.2 Å². The summed E-state index contributed by atoms with van der Waals surface area (Å²) < 4.78 is 36.1. The van der Waals surface area contributed by atoms with E-state index in [4.69, 9.17) is 5.73 Å². The van der Waals surface area contributed by atoms with Crippen molar-refractivity contribution < 1.29 is 18.0 Å². The van der Waals surface area contributed by atoms with Crippen LogP contribution in [-0.4, -0.2) is 12.1 Å². The molecule has 0 fully saturated rings. The van der Waals surface area contributed by atoms with Gasteiger partial charge in [0.1, 0.15) is 6.42 Å². The minimum absolute atomic E-state index is 0.260. The Morgan fingerprint density at radius 1 is 1.44 bits per heavy atom. The van der Waals surface area contributed by atoms with Gasteiger partial charge in [0.15, 0.2) is 0 Å². The number of carbonyl (C=O) groups excluding carboxylic acids is 1. The number of alkyl halides is 3. The van der Waals surface area contributed by atoms with E-state index in [1.54, 1.807) is 0 Å². The molecule has 0 aliphatic heterocycles. The van der Waals surface area contributed by atoms with Crippen molar-refractivity contribution in [1.29, 1.82) is 0 Å². The molecule has 0 atom stereocenters. The highest BCUT2D eigenvalue weighted by Gasteiger charge is 2.31. The highest BCUT2D eigenvalue weighted by atomic mass is 79.9. The van der Waals surface area contributed by atoms with Gasteiger partial charge < -0.3 is 11.1 Å². The van der Waals surface area contributed by atoms with Crippen LogP contribution in [0, 0.1) is 0 Å². The first-order valence-corrected chi connectivity index (χ1v) is 4.99. The van der Waals surface area contributed by atoms with Gasteiger partial charge in [-0.3, -0.25) is 4.79 Å². The van der Waals surface area contributed by atoms with Gasteiger partial charge in [0.05, 0.1) is 0 Å². The second-order valence-corrected chi connectivity index (χ2v) is 3.93. The molecular weight excluding hydrogens is 289 g/mol. The Labute approximate surface area is 97.9 Å². The van der Waals surface area contributed by atoms with E-state index in [-0.39, 0.29) is 5.69 Å². The summed E-state index contributed by atoms with van der Waals surface area (Å²) in [6.45, 7) is 0. The lowest BCUT2D eigenvalue weighted by molar-refractivity contribution is -0.150. The van der Waals surface area contributed by atoms with E-state index in [2.05, 4.69) is 21.2 Å². The van der Waals surface area contributed by atoms with Crippen molar-refractivity contribution in [3.8, 4) is 0 Å². The SMILES string of the molecule is Nc1ccc(NC(=O)CC(F)(F)F)cc1Br. The zero-order valence-corrected chi connectivity index (χ0v) is 9.52. The summed E-state index contributed by atoms with van der Waals surface area (Å²) in [5.41, 5.74) is 6.18. The van der Waals surface area contributed by atoms with Crippen LogP contribution in [0.15, 0.2) is 22.7 Å². The van der Waals surface area contributed by atoms with Gasteiger partial charge in [0.2, 0.25) is 5.91 Å². The predicted octanol–water partition coefficient (Wildman–Crippen LogP) is 2.92. The first-order valence-electron chi connectivity index (χ1n) is 4.19. The first-order chi connectivity index (χ1) is 7.28. The molecule has 0 aliphatic carbocycles. The third-order valence-corrected chi connectivity index (χ3v) is 2.33. The normalized spacial score (nSPS) is 11.2. The van der Waals surface area contributed by atoms with Gasteiger partial charge in [-0.1, -0.05) is 0 Å². The molecule has 0 unspecified atom stereocenters. The summed E-state index contributed by atoms with van der Waals surface area (Å²) in [5, 5.41) is 2.12. The highest BCUT2D eigenvalue weighted by Crippen LogP contribution is 2.24. The van der Waals surface area contributed by atoms with Gasteiger partial charge in [0.25, 0.3) is 0 Å². The van der Waals surface area contributed by atoms with Gasteiger partial charge in [-0.25, -0.2) is 0 Å². The monoisotopic (exact) mass is 296 g/mol. The van der Waals surface area contributed by atoms with Gasteiger partial charge in [-0.05, 0) is 34.1 Å². The fraction of sp³-hybridized carbons (Fsp3) is 0.222. The average molecular weight is 297 g/mol. The Kier molecular flexibility index (Phi) is 3.79. The molecule has 16 heavy (non-hydrogen) atoms. The van der Waals surface area contributed by atoms with Crippen LogP contribution >= 0.6 is 15.9 Å². The van der Waals surface area contributed by atoms with E-state index in [1.807, 2.05) is 0 Å². The molecule has 0 spiro atoms. The lowest BCUT2D eigenvalue weighted by Crippen LogP contribution is -2.21. The summed E-state index contributed by atoms with van der Waals surface area (Å²) in [6.07, 6.45) is -6.01. The number of rotatable bonds is 2. The van der Waals surface area contributed by atoms with Crippen molar-refractivity contribution in [2.45, 2.75) is 12.6 Å². The van der Waals surface area contributed by atoms with Crippen LogP contribution in [-0.2, 0) is 4.79 Å². The molecular formula is C9H8BrF3N2O. The minimum Gasteiger partial charge on any atom is -0.398 e. The minimum atomic E-state index is -4.50. The Morgan fingerprint density at radius 3 is 2.56 bits per heavy atom. The number of hydrogen-bond acceptors (Lipinski definition) is 2. The molecule has 1 amide bonds. The van der Waals surface area contributed by atoms with E-state index in [1.165, 1.54) is 18.2 Å². The van der Waals surface area contributed by atoms with Crippen molar-refractivity contribution in [3.63, 3.8) is 0 Å². The van der Waals surface area contributed by atoms with E-state index in [9.17, 15) is 18.0 Å². The molecule has 3 nitrogen and oxygen atoms in total. The van der Waals surface area contributed by atoms with Gasteiger partial charge in [-0.15, -0.1) is 0 Å². The average Bonchev–Trinajstić information content (AvgIpc) is 2.08. The molecule has 0 aliphatic rings. The molecule has 1 aromatic carbocycles. The van der Waals surface area contributed by atoms with Crippen LogP contribution in [0.3, 0.4) is 0 Å². The van der Waals surface area contributed by atoms with Crippen LogP contribution < -0.4 is 11.1 Å². The van der Waals surface area contributed by atoms with E-state index < -0.39 is 18.5 Å². The zero-order chi connectivity index (χ0) is 12.3. The number of hydrogen-bond donors (Lipinski definition) is 2. The van der Waals surface area contributed by atoms with Crippen LogP contribution in [0.2, 0.25) is 0 Å². The molecule has 3 N–H and O–H groups in total. The maximum absolute atomic E-state index is 11.9. The Morgan fingerprint density at radius 2 is 2.06 bits per heavy atom. The molecule has 7 heteroatoms. The number of anilines is 2. The van der Waals surface area contributed by atoms with Gasteiger partial charge in [0, 0.05) is 15.8 Å². The third kappa shape index (κ3) is 4.09. The summed E-state index contributed by atoms with van der Waals surface area (Å²) in [7, 11) is 0. The molecule has 1 aromatic rings. The smallest absolute Gasteiger partial charge is 0.397 e. The van der Waals surface area contributed by atoms with Crippen molar-refractivity contribution in [3.05, 3.63) is 22.7 Å². The van der Waals surface area contributed by atoms with Crippen molar-refractivity contribution in [2.24, 2.45) is 0 Å². The quantitative estimate of drug-likeness (QED) is 0.825. The molecule has 0 heterocycles. The second-order valence-electron chi connectivity index (χ2n) is 3.08. The summed E-state index contributed by atoms with van der Waals surface area (Å²) >= 11 is 3.10. The van der Waals surface area contributed by atoms with Crippen LogP contribution in [0.4, 0.5) is 24.5 Å². The lowest BCUT2D eigenvalue weighted by atomic mass is 10.2. The largest absolute Gasteiger partial charge is 0.398 e. The fourth-order valence-corrected chi connectivity index (χ4v) is 1.37. The number of amides is 1. The number of carbonyl (C=O) groups is 1. The number of nitrogens with two attached hydrogens (primary N) is 1. The maximum atomic E-state index is 11.9. The summed E-state index contributed by atoms with van der Waals surface area (Å²) in [5.74, 6) is -1.11. The van der Waals surface area contributed by atoms with E-state index >= 15 is 0 Å². The number of halogens is 4. The molecule has 88 valence electrons. The Hall–Kier alpha value is -1.24. The molecule has 0 bridgehead atoms. The zero-order valence-electron chi connectivity index (χ0n) is 7.94.